The van der Waals surface area contributed by atoms with Gasteiger partial charge in [-0.1, -0.05) is 26.7 Å². The first-order chi connectivity index (χ1) is 9.58. The molecule has 0 saturated heterocycles. The maximum atomic E-state index is 9.56. The molecule has 20 heavy (non-hydrogen) atoms. The van der Waals surface area contributed by atoms with Gasteiger partial charge in [0, 0.05) is 12.6 Å². The third kappa shape index (κ3) is 3.95. The molecule has 1 aliphatic rings. The van der Waals surface area contributed by atoms with E-state index in [4.69, 9.17) is 0 Å². The lowest BCUT2D eigenvalue weighted by Gasteiger charge is -2.31. The van der Waals surface area contributed by atoms with E-state index >= 15 is 0 Å². The minimum atomic E-state index is -0.486. The van der Waals surface area contributed by atoms with Gasteiger partial charge < -0.3 is 10.0 Å². The molecule has 0 spiro atoms. The SMILES string of the molecule is CC(C)CCN(c1ccc([C@@H](C)O)nc1)C1CCCC1. The van der Waals surface area contributed by atoms with Crippen molar-refractivity contribution in [2.75, 3.05) is 11.4 Å². The molecular formula is C17H28N2O. The second-order valence-corrected chi connectivity index (χ2v) is 6.43. The summed E-state index contributed by atoms with van der Waals surface area (Å²) in [7, 11) is 0. The highest BCUT2D eigenvalue weighted by molar-refractivity contribution is 5.46. The highest BCUT2D eigenvalue weighted by Crippen LogP contribution is 2.29. The van der Waals surface area contributed by atoms with Gasteiger partial charge in [0.25, 0.3) is 0 Å². The van der Waals surface area contributed by atoms with E-state index in [1.165, 1.54) is 37.8 Å². The summed E-state index contributed by atoms with van der Waals surface area (Å²) in [6.45, 7) is 7.43. The zero-order valence-electron chi connectivity index (χ0n) is 13.0. The average Bonchev–Trinajstić information content (AvgIpc) is 2.93. The Morgan fingerprint density at radius 3 is 2.45 bits per heavy atom. The number of hydrogen-bond acceptors (Lipinski definition) is 3. The minimum absolute atomic E-state index is 0.486. The molecular weight excluding hydrogens is 248 g/mol. The average molecular weight is 276 g/mol. The number of pyridine rings is 1. The summed E-state index contributed by atoms with van der Waals surface area (Å²) in [6.07, 6.45) is 7.96. The Labute approximate surface area is 123 Å². The Hall–Kier alpha value is -1.09. The molecule has 0 unspecified atom stereocenters. The summed E-state index contributed by atoms with van der Waals surface area (Å²) in [6, 6.07) is 4.75. The van der Waals surface area contributed by atoms with Crippen LogP contribution in [0.4, 0.5) is 5.69 Å². The van der Waals surface area contributed by atoms with Crippen LogP contribution < -0.4 is 4.90 Å². The van der Waals surface area contributed by atoms with Crippen molar-refractivity contribution in [1.29, 1.82) is 0 Å². The molecule has 1 heterocycles. The molecule has 112 valence electrons. The summed E-state index contributed by atoms with van der Waals surface area (Å²) in [5.74, 6) is 0.726. The third-order valence-corrected chi connectivity index (χ3v) is 4.24. The molecule has 1 aliphatic carbocycles. The van der Waals surface area contributed by atoms with Crippen LogP contribution in [-0.2, 0) is 0 Å². The van der Waals surface area contributed by atoms with Gasteiger partial charge in [0.15, 0.2) is 0 Å². The summed E-state index contributed by atoms with van der Waals surface area (Å²) in [5.41, 5.74) is 1.96. The lowest BCUT2D eigenvalue weighted by atomic mass is 10.1. The first kappa shape index (κ1) is 15.3. The number of hydrogen-bond donors (Lipinski definition) is 1. The number of aliphatic hydroxyl groups excluding tert-OH is 1. The summed E-state index contributed by atoms with van der Waals surface area (Å²) in [5, 5.41) is 9.56. The van der Waals surface area contributed by atoms with Gasteiger partial charge in [-0.25, -0.2) is 0 Å². The van der Waals surface area contributed by atoms with Gasteiger partial charge in [-0.05, 0) is 44.2 Å². The molecule has 0 radical (unpaired) electrons. The second kappa shape index (κ2) is 7.07. The molecule has 3 heteroatoms. The number of aliphatic hydroxyl groups is 1. The molecule has 0 amide bonds. The van der Waals surface area contributed by atoms with E-state index in [1.807, 2.05) is 12.3 Å². The van der Waals surface area contributed by atoms with Gasteiger partial charge in [0.2, 0.25) is 0 Å². The molecule has 1 N–H and O–H groups in total. The molecule has 0 bridgehead atoms. The quantitative estimate of drug-likeness (QED) is 0.855. The van der Waals surface area contributed by atoms with Crippen LogP contribution in [0.5, 0.6) is 0 Å². The molecule has 0 aromatic carbocycles. The van der Waals surface area contributed by atoms with Crippen molar-refractivity contribution in [3.8, 4) is 0 Å². The van der Waals surface area contributed by atoms with E-state index in [2.05, 4.69) is 29.8 Å². The maximum absolute atomic E-state index is 9.56. The zero-order valence-corrected chi connectivity index (χ0v) is 13.0. The Kier molecular flexibility index (Phi) is 5.41. The largest absolute Gasteiger partial charge is 0.387 e. The molecule has 2 rings (SSSR count). The van der Waals surface area contributed by atoms with Crippen molar-refractivity contribution >= 4 is 5.69 Å². The van der Waals surface area contributed by atoms with E-state index in [1.54, 1.807) is 6.92 Å². The summed E-state index contributed by atoms with van der Waals surface area (Å²) >= 11 is 0. The Bertz CT molecular complexity index is 394. The van der Waals surface area contributed by atoms with Crippen molar-refractivity contribution in [2.45, 2.75) is 65.0 Å². The van der Waals surface area contributed by atoms with E-state index in [9.17, 15) is 5.11 Å². The van der Waals surface area contributed by atoms with E-state index in [-0.39, 0.29) is 0 Å². The molecule has 1 atom stereocenters. The Morgan fingerprint density at radius 2 is 1.95 bits per heavy atom. The van der Waals surface area contributed by atoms with Gasteiger partial charge in [0.05, 0.1) is 23.7 Å². The van der Waals surface area contributed by atoms with Crippen LogP contribution in [0.15, 0.2) is 18.3 Å². The van der Waals surface area contributed by atoms with Crippen LogP contribution in [0.25, 0.3) is 0 Å². The van der Waals surface area contributed by atoms with Crippen LogP contribution >= 0.6 is 0 Å². The first-order valence-corrected chi connectivity index (χ1v) is 7.98. The lowest BCUT2D eigenvalue weighted by molar-refractivity contribution is 0.194. The number of rotatable bonds is 6. The van der Waals surface area contributed by atoms with E-state index in [0.717, 1.165) is 18.2 Å². The first-order valence-electron chi connectivity index (χ1n) is 7.98. The van der Waals surface area contributed by atoms with Gasteiger partial charge in [-0.3, -0.25) is 4.98 Å². The van der Waals surface area contributed by atoms with Crippen LogP contribution in [-0.4, -0.2) is 22.7 Å². The minimum Gasteiger partial charge on any atom is -0.387 e. The van der Waals surface area contributed by atoms with Crippen molar-refractivity contribution in [2.24, 2.45) is 5.92 Å². The van der Waals surface area contributed by atoms with Crippen molar-refractivity contribution < 1.29 is 5.11 Å². The predicted molar refractivity (Wildman–Crippen MR) is 83.9 cm³/mol. The molecule has 0 aliphatic heterocycles. The number of nitrogens with zero attached hydrogens (tertiary/aromatic N) is 2. The number of aromatic nitrogens is 1. The highest BCUT2D eigenvalue weighted by atomic mass is 16.3. The lowest BCUT2D eigenvalue weighted by Crippen LogP contribution is -2.34. The normalized spacial score (nSPS) is 17.6. The van der Waals surface area contributed by atoms with Gasteiger partial charge >= 0.3 is 0 Å². The fourth-order valence-corrected chi connectivity index (χ4v) is 2.95. The summed E-state index contributed by atoms with van der Waals surface area (Å²) < 4.78 is 0. The zero-order chi connectivity index (χ0) is 14.5. The monoisotopic (exact) mass is 276 g/mol. The second-order valence-electron chi connectivity index (χ2n) is 6.43. The molecule has 1 aromatic heterocycles. The van der Waals surface area contributed by atoms with Crippen LogP contribution in [0.2, 0.25) is 0 Å². The fraction of sp³-hybridized carbons (Fsp3) is 0.706. The fourth-order valence-electron chi connectivity index (χ4n) is 2.95. The molecule has 1 fully saturated rings. The summed E-state index contributed by atoms with van der Waals surface area (Å²) in [4.78, 5) is 6.94. The van der Waals surface area contributed by atoms with E-state index < -0.39 is 6.10 Å². The van der Waals surface area contributed by atoms with Gasteiger partial charge in [0.1, 0.15) is 0 Å². The Balaban J connectivity index is 2.11. The van der Waals surface area contributed by atoms with Gasteiger partial charge in [-0.15, -0.1) is 0 Å². The van der Waals surface area contributed by atoms with Crippen molar-refractivity contribution in [3.63, 3.8) is 0 Å². The smallest absolute Gasteiger partial charge is 0.0931 e. The van der Waals surface area contributed by atoms with E-state index in [0.29, 0.717) is 6.04 Å². The number of anilines is 1. The molecule has 1 saturated carbocycles. The third-order valence-electron chi connectivity index (χ3n) is 4.24. The standard InChI is InChI=1S/C17H28N2O/c1-13(2)10-11-19(15-6-4-5-7-15)16-8-9-17(14(3)20)18-12-16/h8-9,12-15,20H,4-7,10-11H2,1-3H3/t14-/m1/s1. The predicted octanol–water partition coefficient (Wildman–Crippen LogP) is 3.93. The van der Waals surface area contributed by atoms with Crippen molar-refractivity contribution in [1.82, 2.24) is 4.98 Å². The Morgan fingerprint density at radius 1 is 1.25 bits per heavy atom. The van der Waals surface area contributed by atoms with Crippen LogP contribution in [0.1, 0.15) is 64.7 Å². The maximum Gasteiger partial charge on any atom is 0.0931 e. The van der Waals surface area contributed by atoms with Gasteiger partial charge in [-0.2, -0.15) is 0 Å². The van der Waals surface area contributed by atoms with Crippen LogP contribution in [0.3, 0.4) is 0 Å². The topological polar surface area (TPSA) is 36.4 Å². The van der Waals surface area contributed by atoms with Crippen molar-refractivity contribution in [3.05, 3.63) is 24.0 Å². The van der Waals surface area contributed by atoms with Crippen LogP contribution in [0, 0.1) is 5.92 Å². The molecule has 1 aromatic rings. The highest BCUT2D eigenvalue weighted by Gasteiger charge is 2.23. The molecule has 3 nitrogen and oxygen atoms in total.